The van der Waals surface area contributed by atoms with E-state index < -0.39 is 11.6 Å². The van der Waals surface area contributed by atoms with E-state index in [4.69, 9.17) is 4.74 Å². The number of nitrogens with one attached hydrogen (secondary N) is 2. The Kier molecular flexibility index (Phi) is 4.45. The minimum atomic E-state index is -0.887. The van der Waals surface area contributed by atoms with E-state index in [9.17, 15) is 14.0 Å². The van der Waals surface area contributed by atoms with Crippen LogP contribution in [0.15, 0.2) is 18.2 Å². The number of likely N-dealkylation sites (tertiary alicyclic amines) is 1. The third-order valence-electron chi connectivity index (χ3n) is 5.03. The van der Waals surface area contributed by atoms with Gasteiger partial charge in [-0.25, -0.2) is 9.18 Å². The highest BCUT2D eigenvalue weighted by atomic mass is 19.1. The number of nitrogens with zero attached hydrogens (tertiary/aromatic N) is 1. The molecule has 6 nitrogen and oxygen atoms in total. The van der Waals surface area contributed by atoms with Gasteiger partial charge in [-0.05, 0) is 44.5 Å². The molecule has 0 bridgehead atoms. The van der Waals surface area contributed by atoms with Crippen molar-refractivity contribution in [1.82, 2.24) is 15.5 Å². The molecule has 2 aliphatic heterocycles. The van der Waals surface area contributed by atoms with Gasteiger partial charge in [0.1, 0.15) is 17.1 Å². The van der Waals surface area contributed by atoms with Gasteiger partial charge in [-0.2, -0.15) is 0 Å². The van der Waals surface area contributed by atoms with Crippen molar-refractivity contribution in [3.8, 4) is 5.75 Å². The summed E-state index contributed by atoms with van der Waals surface area (Å²) in [5, 5.41) is 5.07. The van der Waals surface area contributed by atoms with Gasteiger partial charge in [-0.15, -0.1) is 0 Å². The summed E-state index contributed by atoms with van der Waals surface area (Å²) in [6, 6.07) is 4.04. The van der Waals surface area contributed by atoms with Crippen LogP contribution in [0, 0.1) is 11.7 Å². The van der Waals surface area contributed by atoms with Gasteiger partial charge < -0.3 is 10.1 Å². The van der Waals surface area contributed by atoms with Gasteiger partial charge >= 0.3 is 6.03 Å². The van der Waals surface area contributed by atoms with Gasteiger partial charge in [0.05, 0.1) is 7.11 Å². The second-order valence-electron chi connectivity index (χ2n) is 6.64. The minimum Gasteiger partial charge on any atom is -0.496 e. The van der Waals surface area contributed by atoms with Crippen LogP contribution >= 0.6 is 0 Å². The van der Waals surface area contributed by atoms with Crippen molar-refractivity contribution in [2.75, 3.05) is 20.2 Å². The van der Waals surface area contributed by atoms with Gasteiger partial charge in [0, 0.05) is 24.6 Å². The predicted molar refractivity (Wildman–Crippen MR) is 86.0 cm³/mol. The number of imide groups is 1. The summed E-state index contributed by atoms with van der Waals surface area (Å²) >= 11 is 0. The fourth-order valence-corrected chi connectivity index (χ4v) is 3.63. The molecule has 2 aliphatic rings. The highest BCUT2D eigenvalue weighted by molar-refractivity contribution is 6.06. The highest BCUT2D eigenvalue weighted by Crippen LogP contribution is 2.31. The number of rotatable bonds is 4. The number of benzene rings is 1. The van der Waals surface area contributed by atoms with E-state index in [1.54, 1.807) is 20.1 Å². The van der Waals surface area contributed by atoms with E-state index in [2.05, 4.69) is 15.5 Å². The molecular formula is C17H22FN3O3. The molecule has 0 unspecified atom stereocenters. The van der Waals surface area contributed by atoms with E-state index in [1.165, 1.54) is 12.1 Å². The molecule has 0 radical (unpaired) electrons. The van der Waals surface area contributed by atoms with Crippen molar-refractivity contribution in [2.45, 2.75) is 31.8 Å². The van der Waals surface area contributed by atoms with Gasteiger partial charge in [0.2, 0.25) is 0 Å². The maximum absolute atomic E-state index is 13.5. The van der Waals surface area contributed by atoms with Crippen molar-refractivity contribution in [2.24, 2.45) is 5.92 Å². The van der Waals surface area contributed by atoms with E-state index in [-0.39, 0.29) is 17.6 Å². The number of hydrogen-bond acceptors (Lipinski definition) is 4. The third kappa shape index (κ3) is 3.08. The minimum absolute atomic E-state index is 0.0113. The van der Waals surface area contributed by atoms with E-state index >= 15 is 0 Å². The molecule has 2 fully saturated rings. The molecule has 1 aromatic rings. The number of carbonyl (C=O) groups is 2. The SMILES string of the molecule is COc1ccc(F)cc1CN1CCC[C@H]([C@@]2(C)NC(=O)NC2=O)C1. The Hall–Kier alpha value is -2.15. The van der Waals surface area contributed by atoms with Crippen molar-refractivity contribution in [3.05, 3.63) is 29.6 Å². The van der Waals surface area contributed by atoms with Gasteiger partial charge in [0.25, 0.3) is 5.91 Å². The topological polar surface area (TPSA) is 70.7 Å². The molecule has 2 saturated heterocycles. The molecule has 2 N–H and O–H groups in total. The molecule has 3 rings (SSSR count). The van der Waals surface area contributed by atoms with Crippen LogP contribution in [0.1, 0.15) is 25.3 Å². The van der Waals surface area contributed by atoms with Crippen LogP contribution in [-0.4, -0.2) is 42.6 Å². The molecule has 7 heteroatoms. The second-order valence-corrected chi connectivity index (χ2v) is 6.64. The number of amides is 3. The molecule has 2 atom stereocenters. The van der Waals surface area contributed by atoms with Crippen molar-refractivity contribution in [1.29, 1.82) is 0 Å². The summed E-state index contributed by atoms with van der Waals surface area (Å²) in [4.78, 5) is 25.8. The quantitative estimate of drug-likeness (QED) is 0.821. The summed E-state index contributed by atoms with van der Waals surface area (Å²) in [6.07, 6.45) is 1.78. The summed E-state index contributed by atoms with van der Waals surface area (Å²) in [7, 11) is 1.56. The number of urea groups is 1. The zero-order valence-electron chi connectivity index (χ0n) is 13.9. The van der Waals surface area contributed by atoms with Crippen molar-refractivity contribution < 1.29 is 18.7 Å². The van der Waals surface area contributed by atoms with Gasteiger partial charge in [0.15, 0.2) is 0 Å². The molecular weight excluding hydrogens is 313 g/mol. The molecule has 3 amide bonds. The summed E-state index contributed by atoms with van der Waals surface area (Å²) < 4.78 is 18.8. The molecule has 0 saturated carbocycles. The number of methoxy groups -OCH3 is 1. The third-order valence-corrected chi connectivity index (χ3v) is 5.03. The number of halogens is 1. The maximum Gasteiger partial charge on any atom is 0.322 e. The van der Waals surface area contributed by atoms with Crippen LogP contribution in [-0.2, 0) is 11.3 Å². The first-order valence-corrected chi connectivity index (χ1v) is 8.11. The van der Waals surface area contributed by atoms with Crippen LogP contribution in [0.5, 0.6) is 5.75 Å². The highest BCUT2D eigenvalue weighted by Gasteiger charge is 2.48. The Labute approximate surface area is 140 Å². The van der Waals surface area contributed by atoms with Crippen molar-refractivity contribution >= 4 is 11.9 Å². The molecule has 130 valence electrons. The number of hydrogen-bond donors (Lipinski definition) is 2. The predicted octanol–water partition coefficient (Wildman–Crippen LogP) is 1.64. The largest absolute Gasteiger partial charge is 0.496 e. The fraction of sp³-hybridized carbons (Fsp3) is 0.529. The Morgan fingerprint density at radius 2 is 2.21 bits per heavy atom. The molecule has 0 spiro atoms. The normalized spacial score (nSPS) is 27.7. The number of piperidine rings is 1. The lowest BCUT2D eigenvalue weighted by molar-refractivity contribution is -0.126. The second kappa shape index (κ2) is 6.39. The Balaban J connectivity index is 1.74. The van der Waals surface area contributed by atoms with E-state index in [0.717, 1.165) is 24.9 Å². The van der Waals surface area contributed by atoms with Crippen LogP contribution in [0.25, 0.3) is 0 Å². The zero-order valence-corrected chi connectivity index (χ0v) is 13.9. The van der Waals surface area contributed by atoms with Crippen LogP contribution in [0.2, 0.25) is 0 Å². The van der Waals surface area contributed by atoms with Crippen LogP contribution in [0.4, 0.5) is 9.18 Å². The standard InChI is InChI=1S/C17H22FN3O3/c1-17(15(22)19-16(23)20-17)12-4-3-7-21(10-12)9-11-8-13(18)5-6-14(11)24-2/h5-6,8,12H,3-4,7,9-10H2,1-2H3,(H2,19,20,22,23)/t12-,17+/m0/s1. The molecule has 2 heterocycles. The molecule has 0 aliphatic carbocycles. The smallest absolute Gasteiger partial charge is 0.322 e. The summed E-state index contributed by atoms with van der Waals surface area (Å²) in [5.74, 6) is 0.0883. The van der Waals surface area contributed by atoms with Crippen LogP contribution in [0.3, 0.4) is 0 Å². The Bertz CT molecular complexity index is 666. The van der Waals surface area contributed by atoms with E-state index in [0.29, 0.717) is 18.8 Å². The lowest BCUT2D eigenvalue weighted by Gasteiger charge is -2.39. The summed E-state index contributed by atoms with van der Waals surface area (Å²) in [6.45, 7) is 3.83. The average molecular weight is 335 g/mol. The molecule has 1 aromatic carbocycles. The number of carbonyl (C=O) groups excluding carboxylic acids is 2. The Morgan fingerprint density at radius 1 is 1.42 bits per heavy atom. The first-order valence-electron chi connectivity index (χ1n) is 8.11. The lowest BCUT2D eigenvalue weighted by atomic mass is 9.80. The first-order chi connectivity index (χ1) is 11.4. The van der Waals surface area contributed by atoms with Gasteiger partial charge in [-0.1, -0.05) is 0 Å². The first kappa shape index (κ1) is 16.7. The van der Waals surface area contributed by atoms with Crippen LogP contribution < -0.4 is 15.4 Å². The average Bonchev–Trinajstić information content (AvgIpc) is 2.81. The Morgan fingerprint density at radius 3 is 2.88 bits per heavy atom. The molecule has 0 aromatic heterocycles. The monoisotopic (exact) mass is 335 g/mol. The fourth-order valence-electron chi connectivity index (χ4n) is 3.63. The number of ether oxygens (including phenoxy) is 1. The van der Waals surface area contributed by atoms with E-state index in [1.807, 2.05) is 0 Å². The zero-order chi connectivity index (χ0) is 17.3. The van der Waals surface area contributed by atoms with Gasteiger partial charge in [-0.3, -0.25) is 15.0 Å². The summed E-state index contributed by atoms with van der Waals surface area (Å²) in [5.41, 5.74) is -0.106. The maximum atomic E-state index is 13.5. The lowest BCUT2D eigenvalue weighted by Crippen LogP contribution is -2.55. The van der Waals surface area contributed by atoms with Crippen molar-refractivity contribution in [3.63, 3.8) is 0 Å². The molecule has 24 heavy (non-hydrogen) atoms.